The van der Waals surface area contributed by atoms with Gasteiger partial charge in [0.25, 0.3) is 0 Å². The van der Waals surface area contributed by atoms with E-state index in [0.29, 0.717) is 13.0 Å². The first-order valence-corrected chi connectivity index (χ1v) is 7.40. The predicted octanol–water partition coefficient (Wildman–Crippen LogP) is 1.09. The molecule has 1 heterocycles. The lowest BCUT2D eigenvalue weighted by Gasteiger charge is -2.27. The SMILES string of the molecule is CC(C)[C@@H](NC(=O)CN1CCCC1=O)C(=O)OC(C)(C)C. The molecule has 21 heavy (non-hydrogen) atoms. The van der Waals surface area contributed by atoms with Crippen LogP contribution in [0.5, 0.6) is 0 Å². The second-order valence-corrected chi connectivity index (χ2v) is 6.74. The Morgan fingerprint density at radius 3 is 2.38 bits per heavy atom. The predicted molar refractivity (Wildman–Crippen MR) is 78.4 cm³/mol. The van der Waals surface area contributed by atoms with Gasteiger partial charge in [0.1, 0.15) is 11.6 Å². The largest absolute Gasteiger partial charge is 0.458 e. The number of likely N-dealkylation sites (tertiary alicyclic amines) is 1. The average Bonchev–Trinajstić information content (AvgIpc) is 2.69. The third-order valence-electron chi connectivity index (χ3n) is 3.15. The average molecular weight is 298 g/mol. The summed E-state index contributed by atoms with van der Waals surface area (Å²) in [4.78, 5) is 37.2. The van der Waals surface area contributed by atoms with Crippen molar-refractivity contribution in [3.8, 4) is 0 Å². The highest BCUT2D eigenvalue weighted by molar-refractivity contribution is 5.89. The molecule has 1 saturated heterocycles. The molecule has 0 unspecified atom stereocenters. The fraction of sp³-hybridized carbons (Fsp3) is 0.800. The minimum absolute atomic E-state index is 0.00481. The maximum Gasteiger partial charge on any atom is 0.329 e. The van der Waals surface area contributed by atoms with Crippen molar-refractivity contribution in [2.45, 2.75) is 59.1 Å². The van der Waals surface area contributed by atoms with Crippen LogP contribution in [0.2, 0.25) is 0 Å². The molecule has 1 rings (SSSR count). The number of esters is 1. The Bertz CT molecular complexity index is 412. The smallest absolute Gasteiger partial charge is 0.329 e. The van der Waals surface area contributed by atoms with Crippen molar-refractivity contribution in [2.75, 3.05) is 13.1 Å². The molecule has 1 N–H and O–H groups in total. The third-order valence-corrected chi connectivity index (χ3v) is 3.15. The molecule has 1 atom stereocenters. The highest BCUT2D eigenvalue weighted by Crippen LogP contribution is 2.13. The van der Waals surface area contributed by atoms with E-state index in [0.717, 1.165) is 6.42 Å². The van der Waals surface area contributed by atoms with Crippen LogP contribution in [0.3, 0.4) is 0 Å². The third kappa shape index (κ3) is 5.73. The van der Waals surface area contributed by atoms with Crippen LogP contribution in [0.25, 0.3) is 0 Å². The molecule has 0 aliphatic carbocycles. The maximum atomic E-state index is 12.1. The molecule has 0 aromatic carbocycles. The van der Waals surface area contributed by atoms with Gasteiger partial charge < -0.3 is 15.0 Å². The summed E-state index contributed by atoms with van der Waals surface area (Å²) in [7, 11) is 0. The summed E-state index contributed by atoms with van der Waals surface area (Å²) in [5.74, 6) is -0.866. The van der Waals surface area contributed by atoms with Gasteiger partial charge >= 0.3 is 5.97 Å². The molecule has 6 nitrogen and oxygen atoms in total. The second kappa shape index (κ2) is 6.91. The maximum absolute atomic E-state index is 12.1. The van der Waals surface area contributed by atoms with E-state index in [1.54, 1.807) is 20.8 Å². The lowest BCUT2D eigenvalue weighted by molar-refractivity contribution is -0.160. The molecule has 6 heteroatoms. The van der Waals surface area contributed by atoms with E-state index in [2.05, 4.69) is 5.32 Å². The lowest BCUT2D eigenvalue weighted by atomic mass is 10.0. The quantitative estimate of drug-likeness (QED) is 0.771. The number of amides is 2. The Kier molecular flexibility index (Phi) is 5.75. The molecule has 0 radical (unpaired) electrons. The fourth-order valence-corrected chi connectivity index (χ4v) is 2.13. The number of carbonyl (C=O) groups is 3. The van der Waals surface area contributed by atoms with Gasteiger partial charge in [-0.25, -0.2) is 4.79 Å². The Balaban J connectivity index is 2.59. The molecular weight excluding hydrogens is 272 g/mol. The van der Waals surface area contributed by atoms with Crippen LogP contribution in [0.4, 0.5) is 0 Å². The number of carbonyl (C=O) groups excluding carboxylic acids is 3. The lowest BCUT2D eigenvalue weighted by Crippen LogP contribution is -2.50. The van der Waals surface area contributed by atoms with Crippen molar-refractivity contribution in [1.29, 1.82) is 0 Å². The van der Waals surface area contributed by atoms with Crippen LogP contribution in [0, 0.1) is 5.92 Å². The summed E-state index contributed by atoms with van der Waals surface area (Å²) in [5.41, 5.74) is -0.597. The highest BCUT2D eigenvalue weighted by Gasteiger charge is 2.30. The van der Waals surface area contributed by atoms with Crippen LogP contribution >= 0.6 is 0 Å². The molecule has 1 fully saturated rings. The number of nitrogens with one attached hydrogen (secondary N) is 1. The summed E-state index contributed by atoms with van der Waals surface area (Å²) in [6, 6.07) is -0.700. The number of nitrogens with zero attached hydrogens (tertiary/aromatic N) is 1. The topological polar surface area (TPSA) is 75.7 Å². The monoisotopic (exact) mass is 298 g/mol. The molecule has 2 amide bonds. The van der Waals surface area contributed by atoms with Crippen LogP contribution in [0.1, 0.15) is 47.5 Å². The normalized spacial score (nSPS) is 17.0. The van der Waals surface area contributed by atoms with Gasteiger partial charge in [-0.3, -0.25) is 9.59 Å². The van der Waals surface area contributed by atoms with Gasteiger partial charge in [0, 0.05) is 13.0 Å². The van der Waals surface area contributed by atoms with E-state index >= 15 is 0 Å². The van der Waals surface area contributed by atoms with Crippen LogP contribution in [-0.4, -0.2) is 47.4 Å². The van der Waals surface area contributed by atoms with Gasteiger partial charge in [-0.05, 0) is 33.1 Å². The van der Waals surface area contributed by atoms with Gasteiger partial charge in [-0.2, -0.15) is 0 Å². The minimum atomic E-state index is -0.700. The molecule has 120 valence electrons. The molecule has 0 aromatic heterocycles. The Morgan fingerprint density at radius 2 is 1.95 bits per heavy atom. The van der Waals surface area contributed by atoms with Gasteiger partial charge in [0.05, 0.1) is 6.54 Å². The van der Waals surface area contributed by atoms with E-state index in [9.17, 15) is 14.4 Å². The molecule has 0 bridgehead atoms. The van der Waals surface area contributed by atoms with Crippen molar-refractivity contribution in [2.24, 2.45) is 5.92 Å². The van der Waals surface area contributed by atoms with Crippen LogP contribution < -0.4 is 5.32 Å². The zero-order valence-electron chi connectivity index (χ0n) is 13.6. The zero-order valence-corrected chi connectivity index (χ0v) is 13.6. The standard InChI is InChI=1S/C15H26N2O4/c1-10(2)13(14(20)21-15(3,4)5)16-11(18)9-17-8-6-7-12(17)19/h10,13H,6-9H2,1-5H3,(H,16,18)/t13-/m1/s1. The van der Waals surface area contributed by atoms with E-state index < -0.39 is 17.6 Å². The number of ether oxygens (including phenoxy) is 1. The summed E-state index contributed by atoms with van der Waals surface area (Å²) >= 11 is 0. The van der Waals surface area contributed by atoms with E-state index in [4.69, 9.17) is 4.74 Å². The van der Waals surface area contributed by atoms with Gasteiger partial charge in [-0.1, -0.05) is 13.8 Å². The van der Waals surface area contributed by atoms with Gasteiger partial charge in [-0.15, -0.1) is 0 Å². The first-order valence-electron chi connectivity index (χ1n) is 7.40. The summed E-state index contributed by atoms with van der Waals surface area (Å²) in [6.45, 7) is 9.65. The number of hydrogen-bond donors (Lipinski definition) is 1. The van der Waals surface area contributed by atoms with E-state index in [1.807, 2.05) is 13.8 Å². The summed E-state index contributed by atoms with van der Waals surface area (Å²) in [5, 5.41) is 2.68. The van der Waals surface area contributed by atoms with Crippen molar-refractivity contribution in [3.63, 3.8) is 0 Å². The molecule has 1 aliphatic rings. The molecule has 0 saturated carbocycles. The van der Waals surface area contributed by atoms with Crippen molar-refractivity contribution in [3.05, 3.63) is 0 Å². The Hall–Kier alpha value is -1.59. The molecule has 1 aliphatic heterocycles. The fourth-order valence-electron chi connectivity index (χ4n) is 2.13. The minimum Gasteiger partial charge on any atom is -0.458 e. The Morgan fingerprint density at radius 1 is 1.33 bits per heavy atom. The van der Waals surface area contributed by atoms with Crippen molar-refractivity contribution < 1.29 is 19.1 Å². The second-order valence-electron chi connectivity index (χ2n) is 6.74. The number of hydrogen-bond acceptors (Lipinski definition) is 4. The molecular formula is C15H26N2O4. The number of rotatable bonds is 5. The highest BCUT2D eigenvalue weighted by atomic mass is 16.6. The van der Waals surface area contributed by atoms with Gasteiger partial charge in [0.15, 0.2) is 0 Å². The van der Waals surface area contributed by atoms with E-state index in [-0.39, 0.29) is 24.3 Å². The van der Waals surface area contributed by atoms with Crippen molar-refractivity contribution in [1.82, 2.24) is 10.2 Å². The van der Waals surface area contributed by atoms with Crippen molar-refractivity contribution >= 4 is 17.8 Å². The zero-order chi connectivity index (χ0) is 16.2. The molecule has 0 spiro atoms. The van der Waals surface area contributed by atoms with Crippen LogP contribution in [0.15, 0.2) is 0 Å². The summed E-state index contributed by atoms with van der Waals surface area (Å²) in [6.07, 6.45) is 1.28. The first-order chi connectivity index (χ1) is 9.60. The first kappa shape index (κ1) is 17.5. The Labute approximate surface area is 126 Å². The van der Waals surface area contributed by atoms with Crippen LogP contribution in [-0.2, 0) is 19.1 Å². The van der Waals surface area contributed by atoms with Gasteiger partial charge in [0.2, 0.25) is 11.8 Å². The molecule has 0 aromatic rings. The summed E-state index contributed by atoms with van der Waals surface area (Å²) < 4.78 is 5.32. The van der Waals surface area contributed by atoms with E-state index in [1.165, 1.54) is 4.90 Å².